The van der Waals surface area contributed by atoms with Gasteiger partial charge in [-0.3, -0.25) is 9.59 Å². The van der Waals surface area contributed by atoms with Crippen molar-refractivity contribution in [1.82, 2.24) is 0 Å². The Bertz CT molecular complexity index is 761. The Hall–Kier alpha value is -1.17. The van der Waals surface area contributed by atoms with Crippen molar-refractivity contribution >= 4 is 61.0 Å². The molecule has 0 aliphatic carbocycles. The van der Waals surface area contributed by atoms with Crippen LogP contribution < -0.4 is 4.90 Å². The summed E-state index contributed by atoms with van der Waals surface area (Å²) >= 11 is 12.6. The highest BCUT2D eigenvalue weighted by atomic mass is 79.9. The van der Waals surface area contributed by atoms with Crippen molar-refractivity contribution in [1.29, 1.82) is 0 Å². The lowest BCUT2D eigenvalue weighted by atomic mass is 10.1. The Kier molecular flexibility index (Phi) is 3.44. The van der Waals surface area contributed by atoms with Crippen LogP contribution in [0.1, 0.15) is 20.7 Å². The standard InChI is InChI=1S/C14H6Br2ClNO2/c15-7-1-3-9-10(5-7)14(20)18(13(9)19)12-6-8(17)2-4-11(12)16/h1-6H. The van der Waals surface area contributed by atoms with Gasteiger partial charge < -0.3 is 0 Å². The highest BCUT2D eigenvalue weighted by Gasteiger charge is 2.37. The molecule has 3 nitrogen and oxygen atoms in total. The number of benzene rings is 2. The third-order valence-corrected chi connectivity index (χ3v) is 4.40. The molecule has 0 saturated carbocycles. The van der Waals surface area contributed by atoms with Crippen LogP contribution in [0, 0.1) is 0 Å². The number of hydrogen-bond acceptors (Lipinski definition) is 2. The number of carbonyl (C=O) groups excluding carboxylic acids is 2. The zero-order valence-electron chi connectivity index (χ0n) is 9.86. The van der Waals surface area contributed by atoms with Gasteiger partial charge in [-0.25, -0.2) is 4.90 Å². The number of amides is 2. The summed E-state index contributed by atoms with van der Waals surface area (Å²) in [5, 5.41) is 0.459. The lowest BCUT2D eigenvalue weighted by molar-refractivity contribution is 0.0926. The fraction of sp³-hybridized carbons (Fsp3) is 0. The van der Waals surface area contributed by atoms with Gasteiger partial charge in [0.2, 0.25) is 0 Å². The van der Waals surface area contributed by atoms with Crippen molar-refractivity contribution in [3.63, 3.8) is 0 Å². The molecule has 6 heteroatoms. The van der Waals surface area contributed by atoms with E-state index in [-0.39, 0.29) is 11.8 Å². The van der Waals surface area contributed by atoms with Crippen LogP contribution in [0.5, 0.6) is 0 Å². The molecule has 0 N–H and O–H groups in total. The molecule has 2 amide bonds. The van der Waals surface area contributed by atoms with Crippen LogP contribution in [0.3, 0.4) is 0 Å². The Morgan fingerprint density at radius 2 is 1.60 bits per heavy atom. The lowest BCUT2D eigenvalue weighted by Crippen LogP contribution is -2.29. The fourth-order valence-corrected chi connectivity index (χ4v) is 3.04. The molecule has 0 saturated heterocycles. The number of nitrogens with zero attached hydrogens (tertiary/aromatic N) is 1. The Labute approximate surface area is 136 Å². The Morgan fingerprint density at radius 3 is 2.35 bits per heavy atom. The second kappa shape index (κ2) is 4.98. The normalized spacial score (nSPS) is 13.8. The molecule has 1 aliphatic rings. The predicted molar refractivity (Wildman–Crippen MR) is 84.4 cm³/mol. The van der Waals surface area contributed by atoms with E-state index in [1.807, 2.05) is 0 Å². The van der Waals surface area contributed by atoms with E-state index in [9.17, 15) is 9.59 Å². The Morgan fingerprint density at radius 1 is 0.900 bits per heavy atom. The zero-order chi connectivity index (χ0) is 14.4. The van der Waals surface area contributed by atoms with Gasteiger partial charge >= 0.3 is 0 Å². The maximum absolute atomic E-state index is 12.4. The fourth-order valence-electron chi connectivity index (χ4n) is 2.09. The molecule has 0 unspecified atom stereocenters. The SMILES string of the molecule is O=C1c2ccc(Br)cc2C(=O)N1c1cc(Cl)ccc1Br. The van der Waals surface area contributed by atoms with Gasteiger partial charge in [-0.1, -0.05) is 27.5 Å². The van der Waals surface area contributed by atoms with Crippen LogP contribution in [0.25, 0.3) is 0 Å². The van der Waals surface area contributed by atoms with E-state index in [4.69, 9.17) is 11.6 Å². The number of hydrogen-bond donors (Lipinski definition) is 0. The van der Waals surface area contributed by atoms with Crippen molar-refractivity contribution in [2.75, 3.05) is 4.90 Å². The number of carbonyl (C=O) groups is 2. The van der Waals surface area contributed by atoms with Gasteiger partial charge in [0, 0.05) is 14.0 Å². The van der Waals surface area contributed by atoms with E-state index in [1.54, 1.807) is 36.4 Å². The summed E-state index contributed by atoms with van der Waals surface area (Å²) in [6.45, 7) is 0. The molecule has 0 bridgehead atoms. The van der Waals surface area contributed by atoms with Crippen LogP contribution in [0.4, 0.5) is 5.69 Å². The number of fused-ring (bicyclic) bond motifs is 1. The molecule has 1 aliphatic heterocycles. The van der Waals surface area contributed by atoms with E-state index in [0.29, 0.717) is 26.3 Å². The first-order valence-electron chi connectivity index (χ1n) is 5.62. The minimum atomic E-state index is -0.353. The van der Waals surface area contributed by atoms with Crippen molar-refractivity contribution in [3.05, 3.63) is 61.5 Å². The average molecular weight is 415 g/mol. The summed E-state index contributed by atoms with van der Waals surface area (Å²) in [7, 11) is 0. The van der Waals surface area contributed by atoms with Crippen LogP contribution in [-0.2, 0) is 0 Å². The molecule has 0 radical (unpaired) electrons. The van der Waals surface area contributed by atoms with Crippen molar-refractivity contribution in [3.8, 4) is 0 Å². The van der Waals surface area contributed by atoms with Gasteiger partial charge in [-0.05, 0) is 52.3 Å². The van der Waals surface area contributed by atoms with Gasteiger partial charge in [0.05, 0.1) is 16.8 Å². The molecular formula is C14H6Br2ClNO2. The molecule has 2 aromatic carbocycles. The molecule has 100 valence electrons. The quantitative estimate of drug-likeness (QED) is 0.635. The summed E-state index contributed by atoms with van der Waals surface area (Å²) in [5.41, 5.74) is 1.22. The van der Waals surface area contributed by atoms with E-state index in [0.717, 1.165) is 9.37 Å². The molecule has 0 aromatic heterocycles. The monoisotopic (exact) mass is 413 g/mol. The molecule has 0 atom stereocenters. The number of anilines is 1. The van der Waals surface area contributed by atoms with Gasteiger partial charge in [-0.2, -0.15) is 0 Å². The first-order valence-corrected chi connectivity index (χ1v) is 7.59. The molecule has 0 spiro atoms. The van der Waals surface area contributed by atoms with Gasteiger partial charge in [-0.15, -0.1) is 0 Å². The van der Waals surface area contributed by atoms with E-state index in [2.05, 4.69) is 31.9 Å². The molecule has 20 heavy (non-hydrogen) atoms. The highest BCUT2D eigenvalue weighted by Crippen LogP contribution is 2.35. The molecule has 2 aromatic rings. The minimum Gasteiger partial charge on any atom is -0.268 e. The zero-order valence-corrected chi connectivity index (χ0v) is 13.8. The number of halogens is 3. The van der Waals surface area contributed by atoms with E-state index in [1.165, 1.54) is 0 Å². The largest absolute Gasteiger partial charge is 0.268 e. The second-order valence-corrected chi connectivity index (χ2v) is 6.44. The molecule has 3 rings (SSSR count). The lowest BCUT2D eigenvalue weighted by Gasteiger charge is -2.15. The summed E-state index contributed by atoms with van der Waals surface area (Å²) in [5.74, 6) is -0.699. The maximum atomic E-state index is 12.4. The summed E-state index contributed by atoms with van der Waals surface area (Å²) in [6.07, 6.45) is 0. The van der Waals surface area contributed by atoms with Crippen LogP contribution in [0.2, 0.25) is 5.02 Å². The molecular weight excluding hydrogens is 409 g/mol. The smallest absolute Gasteiger partial charge is 0.266 e. The number of imide groups is 1. The van der Waals surface area contributed by atoms with E-state index < -0.39 is 0 Å². The topological polar surface area (TPSA) is 37.4 Å². The minimum absolute atomic E-state index is 0.347. The number of rotatable bonds is 1. The van der Waals surface area contributed by atoms with Crippen molar-refractivity contribution in [2.45, 2.75) is 0 Å². The average Bonchev–Trinajstić information content (AvgIpc) is 2.65. The van der Waals surface area contributed by atoms with Crippen molar-refractivity contribution < 1.29 is 9.59 Å². The summed E-state index contributed by atoms with van der Waals surface area (Å²) < 4.78 is 1.39. The molecule has 1 heterocycles. The second-order valence-electron chi connectivity index (χ2n) is 4.23. The predicted octanol–water partition coefficient (Wildman–Crippen LogP) is 4.67. The van der Waals surface area contributed by atoms with Gasteiger partial charge in [0.1, 0.15) is 0 Å². The third-order valence-electron chi connectivity index (χ3n) is 3.00. The first-order chi connectivity index (χ1) is 9.49. The third kappa shape index (κ3) is 2.10. The van der Waals surface area contributed by atoms with Gasteiger partial charge in [0.25, 0.3) is 11.8 Å². The summed E-state index contributed by atoms with van der Waals surface area (Å²) in [4.78, 5) is 26.0. The van der Waals surface area contributed by atoms with Crippen LogP contribution in [0.15, 0.2) is 45.3 Å². The molecule has 0 fully saturated rings. The summed E-state index contributed by atoms with van der Waals surface area (Å²) in [6, 6.07) is 10.00. The highest BCUT2D eigenvalue weighted by molar-refractivity contribution is 9.10. The van der Waals surface area contributed by atoms with Gasteiger partial charge in [0.15, 0.2) is 0 Å². The van der Waals surface area contributed by atoms with Crippen LogP contribution in [-0.4, -0.2) is 11.8 Å². The van der Waals surface area contributed by atoms with E-state index >= 15 is 0 Å². The van der Waals surface area contributed by atoms with Crippen LogP contribution >= 0.6 is 43.5 Å². The maximum Gasteiger partial charge on any atom is 0.266 e. The first kappa shape index (κ1) is 13.8. The van der Waals surface area contributed by atoms with Crippen molar-refractivity contribution in [2.24, 2.45) is 0 Å². The Balaban J connectivity index is 2.16.